The number of hydrogen-bond donors (Lipinski definition) is 3. The molecule has 0 saturated heterocycles. The zero-order valence-electron chi connectivity index (χ0n) is 12.8. The molecule has 0 aliphatic rings. The number of phenolic OH excluding ortho intramolecular Hbond substituents is 1. The molecule has 0 aromatic heterocycles. The Kier molecular flexibility index (Phi) is 4.65. The standard InChI is InChI=1S/C15H24N2O3/c1-14(2,3)20-13(19)17-11-7-6-10(8-12(11)18)9-15(4,5)16/h6-8,18H,9,16H2,1-5H3,(H,17,19). The van der Waals surface area contributed by atoms with Crippen LogP contribution in [0.15, 0.2) is 18.2 Å². The molecule has 5 heteroatoms. The predicted molar refractivity (Wildman–Crippen MR) is 79.9 cm³/mol. The van der Waals surface area contributed by atoms with Gasteiger partial charge < -0.3 is 15.6 Å². The van der Waals surface area contributed by atoms with Crippen LogP contribution < -0.4 is 11.1 Å². The average molecular weight is 280 g/mol. The highest BCUT2D eigenvalue weighted by molar-refractivity contribution is 5.86. The van der Waals surface area contributed by atoms with E-state index >= 15 is 0 Å². The van der Waals surface area contributed by atoms with E-state index in [0.717, 1.165) is 5.56 Å². The summed E-state index contributed by atoms with van der Waals surface area (Å²) in [5.74, 6) is -0.00221. The number of phenols is 1. The molecule has 0 saturated carbocycles. The molecule has 0 radical (unpaired) electrons. The zero-order valence-corrected chi connectivity index (χ0v) is 12.8. The fraction of sp³-hybridized carbons (Fsp3) is 0.533. The van der Waals surface area contributed by atoms with Gasteiger partial charge in [-0.2, -0.15) is 0 Å². The molecule has 20 heavy (non-hydrogen) atoms. The maximum Gasteiger partial charge on any atom is 0.412 e. The quantitative estimate of drug-likeness (QED) is 0.743. The van der Waals surface area contributed by atoms with Crippen LogP contribution in [0.1, 0.15) is 40.2 Å². The summed E-state index contributed by atoms with van der Waals surface area (Å²) in [4.78, 5) is 11.6. The van der Waals surface area contributed by atoms with Gasteiger partial charge >= 0.3 is 6.09 Å². The number of carbonyl (C=O) groups excluding carboxylic acids is 1. The van der Waals surface area contributed by atoms with Gasteiger partial charge in [-0.05, 0) is 58.7 Å². The number of benzene rings is 1. The minimum atomic E-state index is -0.597. The van der Waals surface area contributed by atoms with Crippen LogP contribution >= 0.6 is 0 Å². The fourth-order valence-corrected chi connectivity index (χ4v) is 1.73. The van der Waals surface area contributed by atoms with Gasteiger partial charge in [0.2, 0.25) is 0 Å². The van der Waals surface area contributed by atoms with Crippen molar-refractivity contribution in [2.24, 2.45) is 5.73 Å². The maximum absolute atomic E-state index is 11.6. The number of anilines is 1. The lowest BCUT2D eigenvalue weighted by atomic mass is 9.96. The number of amides is 1. The summed E-state index contributed by atoms with van der Waals surface area (Å²) in [7, 11) is 0. The monoisotopic (exact) mass is 280 g/mol. The van der Waals surface area contributed by atoms with Crippen molar-refractivity contribution in [2.45, 2.75) is 52.2 Å². The van der Waals surface area contributed by atoms with E-state index in [1.165, 1.54) is 0 Å². The Balaban J connectivity index is 2.76. The van der Waals surface area contributed by atoms with Crippen molar-refractivity contribution < 1.29 is 14.6 Å². The van der Waals surface area contributed by atoms with Crippen molar-refractivity contribution in [1.82, 2.24) is 0 Å². The number of carbonyl (C=O) groups is 1. The average Bonchev–Trinajstić information content (AvgIpc) is 2.17. The van der Waals surface area contributed by atoms with E-state index in [2.05, 4.69) is 5.32 Å². The van der Waals surface area contributed by atoms with Crippen molar-refractivity contribution >= 4 is 11.8 Å². The first-order valence-electron chi connectivity index (χ1n) is 6.57. The minimum Gasteiger partial charge on any atom is -0.506 e. The van der Waals surface area contributed by atoms with Gasteiger partial charge in [-0.25, -0.2) is 4.79 Å². The van der Waals surface area contributed by atoms with Gasteiger partial charge in [0.05, 0.1) is 5.69 Å². The number of nitrogens with one attached hydrogen (secondary N) is 1. The highest BCUT2D eigenvalue weighted by Crippen LogP contribution is 2.26. The molecular weight excluding hydrogens is 256 g/mol. The summed E-state index contributed by atoms with van der Waals surface area (Å²) < 4.78 is 5.13. The van der Waals surface area contributed by atoms with Crippen LogP contribution in [0.4, 0.5) is 10.5 Å². The molecule has 0 aliphatic carbocycles. The molecule has 1 amide bonds. The van der Waals surface area contributed by atoms with Crippen molar-refractivity contribution in [3.63, 3.8) is 0 Å². The first-order valence-corrected chi connectivity index (χ1v) is 6.57. The van der Waals surface area contributed by atoms with Gasteiger partial charge in [0, 0.05) is 5.54 Å². The number of aromatic hydroxyl groups is 1. The first-order chi connectivity index (χ1) is 8.96. The lowest BCUT2D eigenvalue weighted by Crippen LogP contribution is -2.34. The molecular formula is C15H24N2O3. The van der Waals surface area contributed by atoms with Gasteiger partial charge in [-0.15, -0.1) is 0 Å². The van der Waals surface area contributed by atoms with Crippen molar-refractivity contribution in [3.05, 3.63) is 23.8 Å². The number of rotatable bonds is 3. The first kappa shape index (κ1) is 16.3. The highest BCUT2D eigenvalue weighted by Gasteiger charge is 2.18. The summed E-state index contributed by atoms with van der Waals surface area (Å²) in [5, 5.41) is 12.4. The van der Waals surface area contributed by atoms with E-state index in [1.807, 2.05) is 19.9 Å². The van der Waals surface area contributed by atoms with Gasteiger partial charge in [0.1, 0.15) is 11.4 Å². The van der Waals surface area contributed by atoms with Crippen LogP contribution in [0.5, 0.6) is 5.75 Å². The third-order valence-corrected chi connectivity index (χ3v) is 2.36. The topological polar surface area (TPSA) is 84.6 Å². The van der Waals surface area contributed by atoms with Crippen LogP contribution in [0.25, 0.3) is 0 Å². The molecule has 0 atom stereocenters. The number of ether oxygens (including phenoxy) is 1. The molecule has 1 rings (SSSR count). The van der Waals surface area contributed by atoms with Gasteiger partial charge in [-0.1, -0.05) is 6.07 Å². The Morgan fingerprint density at radius 2 is 1.90 bits per heavy atom. The smallest absolute Gasteiger partial charge is 0.412 e. The molecule has 0 bridgehead atoms. The second kappa shape index (κ2) is 5.71. The fourth-order valence-electron chi connectivity index (χ4n) is 1.73. The van der Waals surface area contributed by atoms with Crippen LogP contribution in [0.3, 0.4) is 0 Å². The molecule has 0 aliphatic heterocycles. The SMILES string of the molecule is CC(C)(N)Cc1ccc(NC(=O)OC(C)(C)C)c(O)c1. The third-order valence-electron chi connectivity index (χ3n) is 2.36. The Hall–Kier alpha value is -1.75. The van der Waals surface area contributed by atoms with Crippen LogP contribution in [-0.2, 0) is 11.2 Å². The van der Waals surface area contributed by atoms with Gasteiger partial charge in [0.25, 0.3) is 0 Å². The second-order valence-electron chi connectivity index (χ2n) is 6.64. The van der Waals surface area contributed by atoms with E-state index < -0.39 is 11.7 Å². The van der Waals surface area contributed by atoms with Crippen molar-refractivity contribution in [1.29, 1.82) is 0 Å². The Morgan fingerprint density at radius 3 is 2.35 bits per heavy atom. The maximum atomic E-state index is 11.6. The summed E-state index contributed by atoms with van der Waals surface area (Å²) in [5.41, 5.74) is 6.22. The van der Waals surface area contributed by atoms with Crippen molar-refractivity contribution in [3.8, 4) is 5.75 Å². The van der Waals surface area contributed by atoms with Gasteiger partial charge in [0.15, 0.2) is 0 Å². The largest absolute Gasteiger partial charge is 0.506 e. The normalized spacial score (nSPS) is 12.1. The summed E-state index contributed by atoms with van der Waals surface area (Å²) in [6.45, 7) is 9.16. The van der Waals surface area contributed by atoms with E-state index in [9.17, 15) is 9.90 Å². The van der Waals surface area contributed by atoms with Gasteiger partial charge in [-0.3, -0.25) is 5.32 Å². The number of nitrogens with two attached hydrogens (primary N) is 1. The zero-order chi connectivity index (χ0) is 15.6. The Labute approximate surface area is 120 Å². The predicted octanol–water partition coefficient (Wildman–Crippen LogP) is 3.02. The third kappa shape index (κ3) is 5.93. The summed E-state index contributed by atoms with van der Waals surface area (Å²) in [6.07, 6.45) is 0.0347. The Morgan fingerprint density at radius 1 is 1.30 bits per heavy atom. The summed E-state index contributed by atoms with van der Waals surface area (Å²) >= 11 is 0. The van der Waals surface area contributed by atoms with Crippen molar-refractivity contribution in [2.75, 3.05) is 5.32 Å². The molecule has 112 valence electrons. The molecule has 0 spiro atoms. The van der Waals surface area contributed by atoms with E-state index in [0.29, 0.717) is 12.1 Å². The van der Waals surface area contributed by atoms with Crippen LogP contribution in [-0.4, -0.2) is 22.3 Å². The number of hydrogen-bond acceptors (Lipinski definition) is 4. The molecule has 0 heterocycles. The molecule has 1 aromatic rings. The van der Waals surface area contributed by atoms with E-state index in [4.69, 9.17) is 10.5 Å². The molecule has 1 aromatic carbocycles. The van der Waals surface area contributed by atoms with E-state index in [-0.39, 0.29) is 11.3 Å². The lowest BCUT2D eigenvalue weighted by Gasteiger charge is -2.21. The minimum absolute atomic E-state index is 0.00221. The summed E-state index contributed by atoms with van der Waals surface area (Å²) in [6, 6.07) is 5.06. The molecule has 5 nitrogen and oxygen atoms in total. The second-order valence-corrected chi connectivity index (χ2v) is 6.64. The van der Waals surface area contributed by atoms with E-state index in [1.54, 1.807) is 32.9 Å². The molecule has 4 N–H and O–H groups in total. The molecule has 0 fully saturated rings. The van der Waals surface area contributed by atoms with Crippen LogP contribution in [0, 0.1) is 0 Å². The highest BCUT2D eigenvalue weighted by atomic mass is 16.6. The van der Waals surface area contributed by atoms with Crippen LogP contribution in [0.2, 0.25) is 0 Å². The lowest BCUT2D eigenvalue weighted by molar-refractivity contribution is 0.0635. The Bertz CT molecular complexity index is 485. The molecule has 0 unspecified atom stereocenters.